The molecule has 0 aliphatic rings. The van der Waals surface area contributed by atoms with Crippen molar-refractivity contribution >= 4 is 53.6 Å². The second-order valence-electron chi connectivity index (χ2n) is 13.0. The second kappa shape index (κ2) is 23.2. The number of nitrogens with two attached hydrogens (primary N) is 1. The molecule has 1 aromatic carbocycles. The summed E-state index contributed by atoms with van der Waals surface area (Å²) < 4.78 is 29.4. The van der Waals surface area contributed by atoms with Crippen LogP contribution in [0.15, 0.2) is 60.7 Å². The maximum Gasteiger partial charge on any atom is 0.365 e. The summed E-state index contributed by atoms with van der Waals surface area (Å²) in [6.07, 6.45) is 14.0. The largest absolute Gasteiger partial charge is 0.493 e. The Labute approximate surface area is 337 Å². The minimum absolute atomic E-state index is 0.174. The predicted molar refractivity (Wildman–Crippen MR) is 231 cm³/mol. The Morgan fingerprint density at radius 2 is 1.19 bits per heavy atom. The van der Waals surface area contributed by atoms with Gasteiger partial charge in [-0.25, -0.2) is 4.57 Å². The molecule has 12 heteroatoms. The Hall–Kier alpha value is -2.91. The third kappa shape index (κ3) is 13.1. The van der Waals surface area contributed by atoms with Crippen LogP contribution in [0.1, 0.15) is 95.3 Å². The van der Waals surface area contributed by atoms with Gasteiger partial charge in [0, 0.05) is 53.4 Å². The van der Waals surface area contributed by atoms with Crippen LogP contribution in [-0.2, 0) is 4.57 Å². The van der Waals surface area contributed by atoms with Crippen LogP contribution in [0.4, 0.5) is 0 Å². The molecule has 54 heavy (non-hydrogen) atoms. The molecule has 0 spiro atoms. The molecule has 4 heterocycles. The highest BCUT2D eigenvalue weighted by molar-refractivity contribution is 7.33. The van der Waals surface area contributed by atoms with Crippen molar-refractivity contribution in [3.05, 3.63) is 65.5 Å². The molecule has 0 fully saturated rings. The zero-order valence-electron chi connectivity index (χ0n) is 31.0. The van der Waals surface area contributed by atoms with E-state index >= 15 is 0 Å². The fourth-order valence-electron chi connectivity index (χ4n) is 5.87. The van der Waals surface area contributed by atoms with E-state index in [4.69, 9.17) is 19.7 Å². The molecule has 5 rings (SSSR count). The van der Waals surface area contributed by atoms with Crippen molar-refractivity contribution in [2.24, 2.45) is 5.73 Å². The van der Waals surface area contributed by atoms with Gasteiger partial charge in [0.15, 0.2) is 5.06 Å². The molecule has 0 amide bonds. The number of aliphatic hydroxyl groups excluding tert-OH is 1. The molecule has 5 aromatic rings. The molecular weight excluding hydrogens is 774 g/mol. The van der Waals surface area contributed by atoms with Gasteiger partial charge in [-0.15, -0.1) is 34.0 Å². The zero-order valence-corrected chi connectivity index (χ0v) is 35.3. The molecule has 290 valence electrons. The van der Waals surface area contributed by atoms with Crippen molar-refractivity contribution in [3.63, 3.8) is 0 Å². The Balaban J connectivity index is 1.42. The number of unbranched alkanes of at least 4 members (excludes halogenated alkanes) is 10. The number of aliphatic hydroxyl groups is 1. The first kappa shape index (κ1) is 42.2. The normalized spacial score (nSPS) is 11.7. The van der Waals surface area contributed by atoms with Crippen molar-refractivity contribution in [2.75, 3.05) is 26.4 Å². The van der Waals surface area contributed by atoms with Gasteiger partial charge in [-0.05, 0) is 112 Å². The fourth-order valence-corrected chi connectivity index (χ4v) is 10.3. The molecular formula is C42H52NO6PS4. The van der Waals surface area contributed by atoms with E-state index in [1.54, 1.807) is 40.1 Å². The summed E-state index contributed by atoms with van der Waals surface area (Å²) in [4.78, 5) is 16.8. The van der Waals surface area contributed by atoms with Crippen LogP contribution >= 0.6 is 53.6 Å². The lowest BCUT2D eigenvalue weighted by Crippen LogP contribution is -2.03. The van der Waals surface area contributed by atoms with E-state index in [1.807, 2.05) is 6.07 Å². The number of thiophene rings is 4. The first-order chi connectivity index (χ1) is 26.5. The van der Waals surface area contributed by atoms with Gasteiger partial charge in [0.1, 0.15) is 11.5 Å². The maximum absolute atomic E-state index is 11.3. The van der Waals surface area contributed by atoms with Gasteiger partial charge in [0.2, 0.25) is 0 Å². The van der Waals surface area contributed by atoms with Crippen LogP contribution < -0.4 is 19.7 Å². The van der Waals surface area contributed by atoms with E-state index < -0.39 is 8.25 Å². The number of ether oxygens (including phenoxy) is 2. The quantitative estimate of drug-likeness (QED) is 0.0323. The average molecular weight is 826 g/mol. The summed E-state index contributed by atoms with van der Waals surface area (Å²) in [5.41, 5.74) is 7.70. The zero-order chi connectivity index (χ0) is 38.0. The molecule has 0 aliphatic heterocycles. The lowest BCUT2D eigenvalue weighted by Gasteiger charge is -2.17. The van der Waals surface area contributed by atoms with E-state index in [0.29, 0.717) is 24.8 Å². The first-order valence-corrected chi connectivity index (χ1v) is 23.6. The van der Waals surface area contributed by atoms with Gasteiger partial charge in [0.05, 0.1) is 18.1 Å². The monoisotopic (exact) mass is 825 g/mol. The van der Waals surface area contributed by atoms with Crippen LogP contribution in [-0.4, -0.2) is 36.4 Å². The van der Waals surface area contributed by atoms with Gasteiger partial charge in [-0.3, -0.25) is 0 Å². The Bertz CT molecular complexity index is 1950. The van der Waals surface area contributed by atoms with Gasteiger partial charge < -0.3 is 29.7 Å². The third-order valence-electron chi connectivity index (χ3n) is 8.72. The standard InChI is InChI=1S/C42H52NO6PS4/c1-2-3-4-5-6-7-8-11-16-31-17-18-38(51-31)39-21-19-36(52-39)32-29-35(48-28-15-10-13-26-44)33(30-34(32)47-27-14-9-12-25-43)37-20-22-40(53-37)41-23-24-42(54-41)49-50(45)46/h17-24,29-30,44,50H,2-10,12-15,25-28,43H2,1H3,(H,45,46). The van der Waals surface area contributed by atoms with Crippen LogP contribution in [0.2, 0.25) is 0 Å². The van der Waals surface area contributed by atoms with Crippen molar-refractivity contribution in [3.8, 4) is 68.8 Å². The minimum Gasteiger partial charge on any atom is -0.493 e. The summed E-state index contributed by atoms with van der Waals surface area (Å²) in [6.45, 7) is 4.21. The van der Waals surface area contributed by atoms with E-state index in [2.05, 4.69) is 67.3 Å². The molecule has 0 saturated heterocycles. The lowest BCUT2D eigenvalue weighted by atomic mass is 10.1. The Kier molecular flexibility index (Phi) is 18.2. The number of hydrogen-bond acceptors (Lipinski definition) is 10. The SMILES string of the molecule is CCCCCCCCC#Cc1ccc(-c2ccc(-c3cc(OCCCCCO)c(-c4ccc(-c5ccc(O[PH](=O)O)s5)s4)cc3OCCCCCN)s2)s1. The fraction of sp³-hybridized carbons (Fsp3) is 0.429. The highest BCUT2D eigenvalue weighted by Gasteiger charge is 2.20. The first-order valence-electron chi connectivity index (χ1n) is 19.0. The molecule has 7 nitrogen and oxygen atoms in total. The third-order valence-corrected chi connectivity index (χ3v) is 13.9. The second-order valence-corrected chi connectivity index (χ2v) is 18.0. The van der Waals surface area contributed by atoms with Crippen LogP contribution in [0, 0.1) is 11.8 Å². The molecule has 4 aromatic heterocycles. The number of benzene rings is 1. The molecule has 0 saturated carbocycles. The summed E-state index contributed by atoms with van der Waals surface area (Å²) in [5.74, 6) is 8.37. The van der Waals surface area contributed by atoms with Crippen LogP contribution in [0.5, 0.6) is 16.6 Å². The number of hydrogen-bond donors (Lipinski definition) is 3. The van der Waals surface area contributed by atoms with Crippen LogP contribution in [0.3, 0.4) is 0 Å². The minimum atomic E-state index is -3.07. The lowest BCUT2D eigenvalue weighted by molar-refractivity contribution is 0.266. The Morgan fingerprint density at radius 3 is 1.81 bits per heavy atom. The Morgan fingerprint density at radius 1 is 0.648 bits per heavy atom. The van der Waals surface area contributed by atoms with Gasteiger partial charge in [0.25, 0.3) is 0 Å². The van der Waals surface area contributed by atoms with Gasteiger partial charge in [-0.1, -0.05) is 62.2 Å². The van der Waals surface area contributed by atoms with Crippen molar-refractivity contribution in [1.82, 2.24) is 0 Å². The van der Waals surface area contributed by atoms with Crippen molar-refractivity contribution in [2.45, 2.75) is 90.4 Å². The van der Waals surface area contributed by atoms with Gasteiger partial charge in [-0.2, -0.15) is 0 Å². The van der Waals surface area contributed by atoms with E-state index in [0.717, 1.165) is 92.0 Å². The highest BCUT2D eigenvalue weighted by Crippen LogP contribution is 2.48. The molecule has 0 radical (unpaired) electrons. The van der Waals surface area contributed by atoms with Crippen molar-refractivity contribution in [1.29, 1.82) is 0 Å². The van der Waals surface area contributed by atoms with E-state index in [1.165, 1.54) is 59.6 Å². The highest BCUT2D eigenvalue weighted by atomic mass is 32.1. The number of rotatable bonds is 24. The van der Waals surface area contributed by atoms with E-state index in [9.17, 15) is 14.6 Å². The smallest absolute Gasteiger partial charge is 0.365 e. The topological polar surface area (TPSA) is 111 Å². The summed E-state index contributed by atoms with van der Waals surface area (Å²) in [6, 6.07) is 20.7. The molecule has 0 aliphatic carbocycles. The molecule has 0 bridgehead atoms. The van der Waals surface area contributed by atoms with E-state index in [-0.39, 0.29) is 6.61 Å². The average Bonchev–Trinajstić information content (AvgIpc) is 4.00. The summed E-state index contributed by atoms with van der Waals surface area (Å²) >= 11 is 6.45. The van der Waals surface area contributed by atoms with Crippen LogP contribution in [0.25, 0.3) is 40.4 Å². The van der Waals surface area contributed by atoms with Crippen molar-refractivity contribution < 1.29 is 28.6 Å². The maximum atomic E-state index is 11.3. The molecule has 1 atom stereocenters. The van der Waals surface area contributed by atoms with Gasteiger partial charge >= 0.3 is 8.25 Å². The summed E-state index contributed by atoms with van der Waals surface area (Å²) in [7, 11) is -3.07. The molecule has 4 N–H and O–H groups in total. The summed E-state index contributed by atoms with van der Waals surface area (Å²) in [5, 5.41) is 9.72. The predicted octanol–water partition coefficient (Wildman–Crippen LogP) is 12.5. The molecule has 1 unspecified atom stereocenters.